The Morgan fingerprint density at radius 1 is 1.05 bits per heavy atom. The number of H-pyrrole nitrogens is 2. The largest absolute Gasteiger partial charge is 0.495 e. The molecule has 0 aliphatic carbocycles. The van der Waals surface area contributed by atoms with Gasteiger partial charge in [-0.1, -0.05) is 6.07 Å². The van der Waals surface area contributed by atoms with Gasteiger partial charge in [0, 0.05) is 0 Å². The number of aryl methyl sites for hydroxylation is 1. The van der Waals surface area contributed by atoms with Crippen LogP contribution in [-0.4, -0.2) is 28.3 Å². The quantitative estimate of drug-likeness (QED) is 0.774. The number of aromatic amines is 2. The Balaban J connectivity index is 2.08. The zero-order valence-electron chi connectivity index (χ0n) is 12.5. The molecule has 1 saturated heterocycles. The highest BCUT2D eigenvalue weighted by Crippen LogP contribution is 2.36. The Kier molecular flexibility index (Phi) is 2.69. The summed E-state index contributed by atoms with van der Waals surface area (Å²) in [6.45, 7) is 10.1. The zero-order valence-corrected chi connectivity index (χ0v) is 12.5. The highest BCUT2D eigenvalue weighted by molar-refractivity contribution is 6.63. The number of hydrogen-bond donors (Lipinski definition) is 2. The van der Waals surface area contributed by atoms with Crippen LogP contribution in [0.1, 0.15) is 33.3 Å². The van der Waals surface area contributed by atoms with E-state index in [2.05, 4.69) is 9.97 Å². The number of aromatic nitrogens is 2. The molecule has 2 N–H and O–H groups in total. The molecule has 0 saturated carbocycles. The number of fused-ring (bicyclic) bond motifs is 1. The summed E-state index contributed by atoms with van der Waals surface area (Å²) in [6, 6.07) is 3.82. The monoisotopic (exact) mass is 274 g/mol. The number of nitrogens with one attached hydrogen (secondary N) is 2. The van der Waals surface area contributed by atoms with Crippen LogP contribution < -0.4 is 11.2 Å². The Hall–Kier alpha value is -1.53. The van der Waals surface area contributed by atoms with E-state index >= 15 is 0 Å². The van der Waals surface area contributed by atoms with Gasteiger partial charge in [-0.3, -0.25) is 0 Å². The van der Waals surface area contributed by atoms with Crippen molar-refractivity contribution in [3.63, 3.8) is 0 Å². The summed E-state index contributed by atoms with van der Waals surface area (Å²) in [5.74, 6) is 0. The first-order valence-corrected chi connectivity index (χ1v) is 6.78. The molecular weight excluding hydrogens is 255 g/mol. The smallest absolute Gasteiger partial charge is 0.399 e. The van der Waals surface area contributed by atoms with Gasteiger partial charge in [-0.05, 0) is 51.7 Å². The van der Waals surface area contributed by atoms with E-state index in [9.17, 15) is 4.79 Å². The number of benzene rings is 1. The van der Waals surface area contributed by atoms with Gasteiger partial charge in [0.15, 0.2) is 0 Å². The maximum absolute atomic E-state index is 11.4. The molecule has 0 bridgehead atoms. The van der Waals surface area contributed by atoms with E-state index in [1.165, 1.54) is 0 Å². The van der Waals surface area contributed by atoms with Gasteiger partial charge in [-0.15, -0.1) is 0 Å². The van der Waals surface area contributed by atoms with Crippen molar-refractivity contribution in [2.24, 2.45) is 0 Å². The highest BCUT2D eigenvalue weighted by atomic mass is 16.7. The molecule has 0 unspecified atom stereocenters. The minimum Gasteiger partial charge on any atom is -0.399 e. The lowest BCUT2D eigenvalue weighted by molar-refractivity contribution is 0.00578. The Morgan fingerprint density at radius 3 is 2.25 bits per heavy atom. The molecule has 5 nitrogen and oxygen atoms in total. The molecule has 1 aliphatic heterocycles. The molecular formula is C14H19BN2O3. The zero-order chi connectivity index (χ0) is 14.7. The van der Waals surface area contributed by atoms with Crippen molar-refractivity contribution in [1.29, 1.82) is 0 Å². The maximum Gasteiger partial charge on any atom is 0.495 e. The fraction of sp³-hybridized carbons (Fsp3) is 0.500. The van der Waals surface area contributed by atoms with E-state index < -0.39 is 7.12 Å². The van der Waals surface area contributed by atoms with Crippen LogP contribution in [0.3, 0.4) is 0 Å². The molecule has 0 atom stereocenters. The van der Waals surface area contributed by atoms with Gasteiger partial charge in [0.2, 0.25) is 0 Å². The molecule has 6 heteroatoms. The lowest BCUT2D eigenvalue weighted by Crippen LogP contribution is -2.41. The summed E-state index contributed by atoms with van der Waals surface area (Å²) in [6.07, 6.45) is 0. The molecule has 1 fully saturated rings. The minimum atomic E-state index is -0.414. The van der Waals surface area contributed by atoms with Crippen molar-refractivity contribution in [3.8, 4) is 0 Å². The van der Waals surface area contributed by atoms with Gasteiger partial charge in [-0.2, -0.15) is 0 Å². The van der Waals surface area contributed by atoms with Gasteiger partial charge in [0.05, 0.1) is 22.2 Å². The average Bonchev–Trinajstić information content (AvgIpc) is 2.78. The predicted molar refractivity (Wildman–Crippen MR) is 79.4 cm³/mol. The van der Waals surface area contributed by atoms with E-state index in [-0.39, 0.29) is 16.9 Å². The predicted octanol–water partition coefficient (Wildman–Crippen LogP) is 1.46. The summed E-state index contributed by atoms with van der Waals surface area (Å²) >= 11 is 0. The number of hydrogen-bond acceptors (Lipinski definition) is 3. The first-order chi connectivity index (χ1) is 9.21. The summed E-state index contributed by atoms with van der Waals surface area (Å²) in [4.78, 5) is 17.0. The van der Waals surface area contributed by atoms with E-state index in [1.807, 2.05) is 46.8 Å². The van der Waals surface area contributed by atoms with Crippen LogP contribution in [0.25, 0.3) is 11.0 Å². The lowest BCUT2D eigenvalue weighted by atomic mass is 9.76. The third kappa shape index (κ3) is 1.83. The first kappa shape index (κ1) is 13.5. The van der Waals surface area contributed by atoms with E-state index in [0.717, 1.165) is 22.1 Å². The van der Waals surface area contributed by atoms with E-state index in [4.69, 9.17) is 9.31 Å². The topological polar surface area (TPSA) is 67.1 Å². The molecule has 2 heterocycles. The van der Waals surface area contributed by atoms with Crippen LogP contribution in [0.15, 0.2) is 16.9 Å². The van der Waals surface area contributed by atoms with Crippen molar-refractivity contribution >= 4 is 23.6 Å². The lowest BCUT2D eigenvalue weighted by Gasteiger charge is -2.32. The van der Waals surface area contributed by atoms with Gasteiger partial charge < -0.3 is 19.3 Å². The number of rotatable bonds is 1. The molecule has 106 valence electrons. The van der Waals surface area contributed by atoms with Crippen LogP contribution in [0.2, 0.25) is 0 Å². The first-order valence-electron chi connectivity index (χ1n) is 6.78. The van der Waals surface area contributed by atoms with Crippen molar-refractivity contribution in [1.82, 2.24) is 9.97 Å². The Morgan fingerprint density at radius 2 is 1.65 bits per heavy atom. The van der Waals surface area contributed by atoms with Crippen molar-refractivity contribution in [3.05, 3.63) is 28.2 Å². The fourth-order valence-electron chi connectivity index (χ4n) is 2.49. The van der Waals surface area contributed by atoms with Crippen LogP contribution in [0.4, 0.5) is 0 Å². The average molecular weight is 274 g/mol. The third-order valence-corrected chi connectivity index (χ3v) is 4.50. The van der Waals surface area contributed by atoms with Gasteiger partial charge in [-0.25, -0.2) is 4.79 Å². The van der Waals surface area contributed by atoms with Crippen LogP contribution >= 0.6 is 0 Å². The van der Waals surface area contributed by atoms with E-state index in [1.54, 1.807) is 0 Å². The van der Waals surface area contributed by atoms with Crippen LogP contribution in [-0.2, 0) is 9.31 Å². The normalized spacial score (nSPS) is 20.8. The summed E-state index contributed by atoms with van der Waals surface area (Å²) in [5, 5.41) is 0. The maximum atomic E-state index is 11.4. The molecule has 1 aromatic carbocycles. The third-order valence-electron chi connectivity index (χ3n) is 4.50. The summed E-state index contributed by atoms with van der Waals surface area (Å²) in [5.41, 5.74) is 2.59. The van der Waals surface area contributed by atoms with Crippen LogP contribution in [0, 0.1) is 6.92 Å². The van der Waals surface area contributed by atoms with Gasteiger partial charge >= 0.3 is 12.8 Å². The second-order valence-corrected chi connectivity index (χ2v) is 6.37. The second kappa shape index (κ2) is 3.99. The van der Waals surface area contributed by atoms with Crippen molar-refractivity contribution in [2.45, 2.75) is 45.8 Å². The second-order valence-electron chi connectivity index (χ2n) is 6.37. The van der Waals surface area contributed by atoms with Gasteiger partial charge in [0.1, 0.15) is 0 Å². The van der Waals surface area contributed by atoms with E-state index in [0.29, 0.717) is 0 Å². The Labute approximate surface area is 117 Å². The molecule has 0 radical (unpaired) electrons. The molecule has 0 spiro atoms. The molecule has 1 aliphatic rings. The van der Waals surface area contributed by atoms with Crippen molar-refractivity contribution in [2.75, 3.05) is 0 Å². The molecule has 1 aromatic heterocycles. The summed E-state index contributed by atoms with van der Waals surface area (Å²) in [7, 11) is -0.414. The fourth-order valence-corrected chi connectivity index (χ4v) is 2.49. The van der Waals surface area contributed by atoms with Crippen molar-refractivity contribution < 1.29 is 9.31 Å². The molecule has 0 amide bonds. The summed E-state index contributed by atoms with van der Waals surface area (Å²) < 4.78 is 12.1. The molecule has 2 aromatic rings. The minimum absolute atomic E-state index is 0.200. The van der Waals surface area contributed by atoms with Gasteiger partial charge in [0.25, 0.3) is 0 Å². The number of imidazole rings is 1. The highest BCUT2D eigenvalue weighted by Gasteiger charge is 2.52. The Bertz CT molecular complexity index is 714. The standard InChI is InChI=1S/C14H19BN2O3/c1-8-9(6-7-10-11(8)17-12(18)16-10)15-19-13(2,3)14(4,5)20-15/h6-7H,1-5H3,(H2,16,17,18). The molecule has 3 rings (SSSR count). The van der Waals surface area contributed by atoms with Crippen LogP contribution in [0.5, 0.6) is 0 Å². The molecule has 20 heavy (non-hydrogen) atoms. The SMILES string of the molecule is Cc1c(B2OC(C)(C)C(C)(C)O2)ccc2[nH]c(=O)[nH]c12.